The molecule has 3 nitrogen and oxygen atoms in total. The molecule has 0 saturated carbocycles. The summed E-state index contributed by atoms with van der Waals surface area (Å²) in [7, 11) is 0. The first kappa shape index (κ1) is 12.0. The normalized spacial score (nSPS) is 11.1. The number of nitriles is 1. The van der Waals surface area contributed by atoms with E-state index in [0.29, 0.717) is 11.3 Å². The predicted molar refractivity (Wildman–Crippen MR) is 71.4 cm³/mol. The van der Waals surface area contributed by atoms with Crippen LogP contribution in [0, 0.1) is 25.2 Å². The molecule has 88 valence electrons. The summed E-state index contributed by atoms with van der Waals surface area (Å²) in [5, 5.41) is 9.21. The van der Waals surface area contributed by atoms with Gasteiger partial charge in [0.2, 0.25) is 0 Å². The second-order valence-corrected chi connectivity index (χ2v) is 4.04. The molecule has 0 spiro atoms. The second-order valence-electron chi connectivity index (χ2n) is 4.04. The molecule has 3 heteroatoms. The van der Waals surface area contributed by atoms with E-state index in [1.54, 1.807) is 6.08 Å². The first-order chi connectivity index (χ1) is 8.69. The van der Waals surface area contributed by atoms with Gasteiger partial charge >= 0.3 is 0 Å². The van der Waals surface area contributed by atoms with E-state index in [9.17, 15) is 5.26 Å². The van der Waals surface area contributed by atoms with Gasteiger partial charge in [-0.25, -0.2) is 0 Å². The Labute approximate surface area is 106 Å². The Hall–Kier alpha value is -2.47. The average Bonchev–Trinajstić information content (AvgIpc) is 2.36. The lowest BCUT2D eigenvalue weighted by molar-refractivity contribution is 1.17. The summed E-state index contributed by atoms with van der Waals surface area (Å²) < 4.78 is 0. The Bertz CT molecular complexity index is 636. The molecule has 0 fully saturated rings. The van der Waals surface area contributed by atoms with Gasteiger partial charge < -0.3 is 0 Å². The molecule has 0 radical (unpaired) electrons. The predicted octanol–water partition coefficient (Wildman–Crippen LogP) is 3.16. The number of pyridine rings is 2. The molecule has 0 aliphatic carbocycles. The molecule has 0 aromatic carbocycles. The van der Waals surface area contributed by atoms with Gasteiger partial charge in [-0.2, -0.15) is 5.26 Å². The third kappa shape index (κ3) is 2.80. The molecule has 0 saturated heterocycles. The molecule has 0 amide bonds. The quantitative estimate of drug-likeness (QED) is 0.751. The number of nitrogens with zero attached hydrogens (tertiary/aromatic N) is 3. The molecule has 2 aromatic heterocycles. The fourth-order valence-electron chi connectivity index (χ4n) is 1.65. The largest absolute Gasteiger partial charge is 0.254 e. The summed E-state index contributed by atoms with van der Waals surface area (Å²) in [5.74, 6) is 0. The SMILES string of the molecule is Cc1cccc(/C=C(\C#N)c2cccc(C)n2)n1. The van der Waals surface area contributed by atoms with E-state index in [0.717, 1.165) is 17.1 Å². The van der Waals surface area contributed by atoms with Crippen LogP contribution in [-0.4, -0.2) is 9.97 Å². The molecule has 0 bridgehead atoms. The first-order valence-electron chi connectivity index (χ1n) is 5.68. The Morgan fingerprint density at radius 2 is 1.72 bits per heavy atom. The fraction of sp³-hybridized carbons (Fsp3) is 0.133. The van der Waals surface area contributed by atoms with Crippen LogP contribution >= 0.6 is 0 Å². The minimum atomic E-state index is 0.525. The maximum atomic E-state index is 9.21. The van der Waals surface area contributed by atoms with Gasteiger partial charge in [0.05, 0.1) is 17.0 Å². The summed E-state index contributed by atoms with van der Waals surface area (Å²) in [5.41, 5.74) is 3.80. The van der Waals surface area contributed by atoms with Crippen molar-refractivity contribution in [3.63, 3.8) is 0 Å². The minimum absolute atomic E-state index is 0.525. The van der Waals surface area contributed by atoms with Crippen LogP contribution in [0.1, 0.15) is 22.8 Å². The van der Waals surface area contributed by atoms with Crippen molar-refractivity contribution in [3.8, 4) is 6.07 Å². The van der Waals surface area contributed by atoms with Crippen LogP contribution in [0.4, 0.5) is 0 Å². The van der Waals surface area contributed by atoms with Gasteiger partial charge in [0.15, 0.2) is 0 Å². The Balaban J connectivity index is 2.44. The highest BCUT2D eigenvalue weighted by Gasteiger charge is 2.03. The molecule has 2 rings (SSSR count). The van der Waals surface area contributed by atoms with Crippen LogP contribution < -0.4 is 0 Å². The van der Waals surface area contributed by atoms with E-state index in [1.807, 2.05) is 50.2 Å². The summed E-state index contributed by atoms with van der Waals surface area (Å²) >= 11 is 0. The van der Waals surface area contributed by atoms with Gasteiger partial charge in [0.1, 0.15) is 6.07 Å². The zero-order valence-corrected chi connectivity index (χ0v) is 10.4. The fourth-order valence-corrected chi connectivity index (χ4v) is 1.65. The summed E-state index contributed by atoms with van der Waals surface area (Å²) in [6.45, 7) is 3.83. The zero-order chi connectivity index (χ0) is 13.0. The van der Waals surface area contributed by atoms with Crippen molar-refractivity contribution in [2.75, 3.05) is 0 Å². The lowest BCUT2D eigenvalue weighted by atomic mass is 10.1. The number of hydrogen-bond acceptors (Lipinski definition) is 3. The lowest BCUT2D eigenvalue weighted by Crippen LogP contribution is -1.91. The van der Waals surface area contributed by atoms with E-state index in [-0.39, 0.29) is 0 Å². The topological polar surface area (TPSA) is 49.6 Å². The van der Waals surface area contributed by atoms with Crippen molar-refractivity contribution < 1.29 is 0 Å². The van der Waals surface area contributed by atoms with Crippen LogP contribution in [0.15, 0.2) is 36.4 Å². The number of aromatic nitrogens is 2. The maximum Gasteiger partial charge on any atom is 0.101 e. The smallest absolute Gasteiger partial charge is 0.101 e. The number of allylic oxidation sites excluding steroid dienone is 1. The van der Waals surface area contributed by atoms with Crippen LogP contribution in [0.25, 0.3) is 11.6 Å². The average molecular weight is 235 g/mol. The Morgan fingerprint density at radius 1 is 1.06 bits per heavy atom. The van der Waals surface area contributed by atoms with Gasteiger partial charge in [-0.1, -0.05) is 12.1 Å². The number of aryl methyl sites for hydroxylation is 2. The van der Waals surface area contributed by atoms with Gasteiger partial charge in [0.25, 0.3) is 0 Å². The van der Waals surface area contributed by atoms with Crippen molar-refractivity contribution in [1.82, 2.24) is 9.97 Å². The highest BCUT2D eigenvalue weighted by atomic mass is 14.7. The standard InChI is InChI=1S/C15H13N3/c1-11-5-3-7-14(17-11)9-13(10-16)15-8-4-6-12(2)18-15/h3-9H,1-2H3/b13-9+. The van der Waals surface area contributed by atoms with E-state index in [4.69, 9.17) is 0 Å². The molecule has 0 aliphatic heterocycles. The summed E-state index contributed by atoms with van der Waals surface area (Å²) in [4.78, 5) is 8.70. The van der Waals surface area contributed by atoms with E-state index in [2.05, 4.69) is 16.0 Å². The van der Waals surface area contributed by atoms with Crippen molar-refractivity contribution in [3.05, 3.63) is 59.2 Å². The minimum Gasteiger partial charge on any atom is -0.254 e. The third-order valence-electron chi connectivity index (χ3n) is 2.49. The highest BCUT2D eigenvalue weighted by molar-refractivity contribution is 5.87. The molecular weight excluding hydrogens is 222 g/mol. The van der Waals surface area contributed by atoms with Gasteiger partial charge in [-0.15, -0.1) is 0 Å². The molecule has 2 heterocycles. The molecular formula is C15H13N3. The third-order valence-corrected chi connectivity index (χ3v) is 2.49. The van der Waals surface area contributed by atoms with Crippen LogP contribution in [0.3, 0.4) is 0 Å². The van der Waals surface area contributed by atoms with E-state index >= 15 is 0 Å². The van der Waals surface area contributed by atoms with Gasteiger partial charge in [0, 0.05) is 11.4 Å². The molecule has 2 aromatic rings. The molecule has 0 aliphatic rings. The molecule has 0 N–H and O–H groups in total. The van der Waals surface area contributed by atoms with Crippen LogP contribution in [-0.2, 0) is 0 Å². The van der Waals surface area contributed by atoms with Gasteiger partial charge in [-0.3, -0.25) is 9.97 Å². The van der Waals surface area contributed by atoms with Crippen molar-refractivity contribution in [2.45, 2.75) is 13.8 Å². The Kier molecular flexibility index (Phi) is 3.49. The maximum absolute atomic E-state index is 9.21. The van der Waals surface area contributed by atoms with Crippen LogP contribution in [0.5, 0.6) is 0 Å². The number of rotatable bonds is 2. The van der Waals surface area contributed by atoms with Gasteiger partial charge in [-0.05, 0) is 44.2 Å². The van der Waals surface area contributed by atoms with E-state index < -0.39 is 0 Å². The molecule has 18 heavy (non-hydrogen) atoms. The highest BCUT2D eigenvalue weighted by Crippen LogP contribution is 2.15. The van der Waals surface area contributed by atoms with Crippen molar-refractivity contribution in [2.24, 2.45) is 0 Å². The lowest BCUT2D eigenvalue weighted by Gasteiger charge is -2.00. The van der Waals surface area contributed by atoms with Crippen LogP contribution in [0.2, 0.25) is 0 Å². The molecule has 0 unspecified atom stereocenters. The Morgan fingerprint density at radius 3 is 2.33 bits per heavy atom. The van der Waals surface area contributed by atoms with E-state index in [1.165, 1.54) is 0 Å². The monoisotopic (exact) mass is 235 g/mol. The molecule has 0 atom stereocenters. The van der Waals surface area contributed by atoms with Crippen molar-refractivity contribution in [1.29, 1.82) is 5.26 Å². The number of hydrogen-bond donors (Lipinski definition) is 0. The summed E-state index contributed by atoms with van der Waals surface area (Å²) in [6.07, 6.45) is 1.76. The first-order valence-corrected chi connectivity index (χ1v) is 5.68. The summed E-state index contributed by atoms with van der Waals surface area (Å²) in [6, 6.07) is 13.5. The second kappa shape index (κ2) is 5.24. The zero-order valence-electron chi connectivity index (χ0n) is 10.4. The van der Waals surface area contributed by atoms with Crippen molar-refractivity contribution >= 4 is 11.6 Å².